The van der Waals surface area contributed by atoms with Gasteiger partial charge in [-0.2, -0.15) is 0 Å². The van der Waals surface area contributed by atoms with E-state index >= 15 is 0 Å². The van der Waals surface area contributed by atoms with E-state index in [4.69, 9.17) is 4.74 Å². The Morgan fingerprint density at radius 2 is 1.65 bits per heavy atom. The van der Waals surface area contributed by atoms with Crippen LogP contribution >= 0.6 is 0 Å². The fraction of sp³-hybridized carbons (Fsp3) is 0.600. The molecular formula is C15H24O2. The summed E-state index contributed by atoms with van der Waals surface area (Å²) in [5.74, 6) is 0.859. The van der Waals surface area contributed by atoms with Gasteiger partial charge in [-0.25, -0.2) is 0 Å². The smallest absolute Gasteiger partial charge is 0.124 e. The van der Waals surface area contributed by atoms with Gasteiger partial charge in [0.1, 0.15) is 11.4 Å². The Labute approximate surface area is 105 Å². The van der Waals surface area contributed by atoms with Crippen LogP contribution in [0.4, 0.5) is 0 Å². The van der Waals surface area contributed by atoms with Crippen LogP contribution in [0.5, 0.6) is 5.75 Å². The maximum Gasteiger partial charge on any atom is 0.124 e. The van der Waals surface area contributed by atoms with Gasteiger partial charge in [-0.1, -0.05) is 52.8 Å². The SMILES string of the molecule is COc1ccccc1C(O)(C(C)C)C(C)(C)C. The first-order chi connectivity index (χ1) is 7.75. The van der Waals surface area contributed by atoms with Crippen molar-refractivity contribution in [1.29, 1.82) is 0 Å². The molecule has 2 heteroatoms. The topological polar surface area (TPSA) is 29.5 Å². The largest absolute Gasteiger partial charge is 0.496 e. The molecule has 0 aromatic heterocycles. The number of para-hydroxylation sites is 1. The van der Waals surface area contributed by atoms with Gasteiger partial charge < -0.3 is 9.84 Å². The number of hydrogen-bond donors (Lipinski definition) is 1. The van der Waals surface area contributed by atoms with Gasteiger partial charge in [0.15, 0.2) is 0 Å². The molecule has 0 radical (unpaired) electrons. The number of benzene rings is 1. The van der Waals surface area contributed by atoms with Crippen LogP contribution < -0.4 is 4.74 Å². The maximum atomic E-state index is 11.1. The average Bonchev–Trinajstić information content (AvgIpc) is 2.26. The van der Waals surface area contributed by atoms with E-state index in [9.17, 15) is 5.11 Å². The van der Waals surface area contributed by atoms with Gasteiger partial charge in [-0.15, -0.1) is 0 Å². The zero-order valence-corrected chi connectivity index (χ0v) is 11.7. The number of ether oxygens (including phenoxy) is 1. The Morgan fingerprint density at radius 1 is 1.12 bits per heavy atom. The molecule has 0 bridgehead atoms. The standard InChI is InChI=1S/C15H24O2/c1-11(2)15(16,14(3,4)5)12-9-7-8-10-13(12)17-6/h7-11,16H,1-6H3. The lowest BCUT2D eigenvalue weighted by molar-refractivity contribution is -0.103. The van der Waals surface area contributed by atoms with Crippen LogP contribution in [-0.2, 0) is 5.60 Å². The fourth-order valence-electron chi connectivity index (χ4n) is 2.54. The highest BCUT2D eigenvalue weighted by molar-refractivity contribution is 5.39. The zero-order chi connectivity index (χ0) is 13.3. The predicted octanol–water partition coefficient (Wildman–Crippen LogP) is 3.58. The van der Waals surface area contributed by atoms with E-state index in [0.717, 1.165) is 11.3 Å². The molecule has 1 N–H and O–H groups in total. The normalized spacial score (nSPS) is 15.8. The van der Waals surface area contributed by atoms with Crippen molar-refractivity contribution in [2.45, 2.75) is 40.2 Å². The van der Waals surface area contributed by atoms with Gasteiger partial charge in [0.25, 0.3) is 0 Å². The molecular weight excluding hydrogens is 212 g/mol. The molecule has 0 saturated carbocycles. The van der Waals surface area contributed by atoms with E-state index < -0.39 is 5.60 Å². The van der Waals surface area contributed by atoms with Gasteiger partial charge in [-0.05, 0) is 17.4 Å². The van der Waals surface area contributed by atoms with Crippen LogP contribution in [0.15, 0.2) is 24.3 Å². The molecule has 1 aromatic rings. The minimum absolute atomic E-state index is 0.110. The molecule has 1 unspecified atom stereocenters. The number of aliphatic hydroxyl groups is 1. The van der Waals surface area contributed by atoms with Gasteiger partial charge in [0, 0.05) is 5.56 Å². The molecule has 17 heavy (non-hydrogen) atoms. The van der Waals surface area contributed by atoms with Crippen molar-refractivity contribution in [2.24, 2.45) is 11.3 Å². The van der Waals surface area contributed by atoms with Crippen LogP contribution in [0.3, 0.4) is 0 Å². The second-order valence-corrected chi connectivity index (χ2v) is 5.87. The van der Waals surface area contributed by atoms with E-state index in [0.29, 0.717) is 0 Å². The van der Waals surface area contributed by atoms with Gasteiger partial charge >= 0.3 is 0 Å². The van der Waals surface area contributed by atoms with Crippen LogP contribution in [0.2, 0.25) is 0 Å². The Morgan fingerprint density at radius 3 is 2.06 bits per heavy atom. The summed E-state index contributed by atoms with van der Waals surface area (Å²) in [6, 6.07) is 7.71. The molecule has 1 atom stereocenters. The minimum Gasteiger partial charge on any atom is -0.496 e. The first-order valence-electron chi connectivity index (χ1n) is 6.11. The van der Waals surface area contributed by atoms with Crippen LogP contribution in [-0.4, -0.2) is 12.2 Å². The third-order valence-electron chi connectivity index (χ3n) is 3.50. The summed E-state index contributed by atoms with van der Waals surface area (Å²) in [6.07, 6.45) is 0. The van der Waals surface area contributed by atoms with Gasteiger partial charge in [0.2, 0.25) is 0 Å². The molecule has 0 aliphatic carbocycles. The molecule has 1 aromatic carbocycles. The molecule has 1 rings (SSSR count). The molecule has 0 saturated heterocycles. The summed E-state index contributed by atoms with van der Waals surface area (Å²) in [5, 5.41) is 11.1. The molecule has 0 spiro atoms. The van der Waals surface area contributed by atoms with Crippen LogP contribution in [0, 0.1) is 11.3 Å². The third kappa shape index (κ3) is 2.32. The molecule has 2 nitrogen and oxygen atoms in total. The molecule has 0 aliphatic rings. The second-order valence-electron chi connectivity index (χ2n) is 5.87. The van der Waals surface area contributed by atoms with E-state index in [1.54, 1.807) is 7.11 Å². The van der Waals surface area contributed by atoms with Crippen LogP contribution in [0.1, 0.15) is 40.2 Å². The Bertz CT molecular complexity index is 377. The Kier molecular flexibility index (Phi) is 3.88. The van der Waals surface area contributed by atoms with Crippen molar-refractivity contribution in [2.75, 3.05) is 7.11 Å². The summed E-state index contributed by atoms with van der Waals surface area (Å²) in [7, 11) is 1.64. The lowest BCUT2D eigenvalue weighted by Crippen LogP contribution is -2.44. The summed E-state index contributed by atoms with van der Waals surface area (Å²) >= 11 is 0. The van der Waals surface area contributed by atoms with Gasteiger partial charge in [0.05, 0.1) is 7.11 Å². The maximum absolute atomic E-state index is 11.1. The molecule has 0 heterocycles. The van der Waals surface area contributed by atoms with E-state index in [1.165, 1.54) is 0 Å². The number of hydrogen-bond acceptors (Lipinski definition) is 2. The Hall–Kier alpha value is -1.02. The third-order valence-corrected chi connectivity index (χ3v) is 3.50. The van der Waals surface area contributed by atoms with E-state index in [2.05, 4.69) is 20.8 Å². The van der Waals surface area contributed by atoms with Gasteiger partial charge in [-0.3, -0.25) is 0 Å². The lowest BCUT2D eigenvalue weighted by atomic mass is 9.66. The Balaban J connectivity index is 3.43. The quantitative estimate of drug-likeness (QED) is 0.869. The highest BCUT2D eigenvalue weighted by Crippen LogP contribution is 2.47. The molecule has 0 amide bonds. The van der Waals surface area contributed by atoms with Crippen molar-refractivity contribution >= 4 is 0 Å². The summed E-state index contributed by atoms with van der Waals surface area (Å²) in [4.78, 5) is 0. The fourth-order valence-corrected chi connectivity index (χ4v) is 2.54. The van der Waals surface area contributed by atoms with Crippen LogP contribution in [0.25, 0.3) is 0 Å². The highest BCUT2D eigenvalue weighted by atomic mass is 16.5. The minimum atomic E-state index is -0.903. The summed E-state index contributed by atoms with van der Waals surface area (Å²) in [5.41, 5.74) is -0.292. The van der Waals surface area contributed by atoms with Crippen molar-refractivity contribution in [3.8, 4) is 5.75 Å². The molecule has 96 valence electrons. The van der Waals surface area contributed by atoms with Crippen molar-refractivity contribution in [1.82, 2.24) is 0 Å². The zero-order valence-electron chi connectivity index (χ0n) is 11.7. The number of methoxy groups -OCH3 is 1. The summed E-state index contributed by atoms with van der Waals surface area (Å²) in [6.45, 7) is 10.2. The number of rotatable bonds is 3. The average molecular weight is 236 g/mol. The highest BCUT2D eigenvalue weighted by Gasteiger charge is 2.45. The van der Waals surface area contributed by atoms with Crippen molar-refractivity contribution in [3.05, 3.63) is 29.8 Å². The van der Waals surface area contributed by atoms with Crippen molar-refractivity contribution in [3.63, 3.8) is 0 Å². The lowest BCUT2D eigenvalue weighted by Gasteiger charge is -2.44. The predicted molar refractivity (Wildman–Crippen MR) is 71.2 cm³/mol. The van der Waals surface area contributed by atoms with E-state index in [1.807, 2.05) is 38.1 Å². The second kappa shape index (κ2) is 4.69. The monoisotopic (exact) mass is 236 g/mol. The van der Waals surface area contributed by atoms with Crippen molar-refractivity contribution < 1.29 is 9.84 Å². The molecule has 0 aliphatic heterocycles. The molecule has 0 fully saturated rings. The first kappa shape index (κ1) is 14.0. The van der Waals surface area contributed by atoms with E-state index in [-0.39, 0.29) is 11.3 Å². The first-order valence-corrected chi connectivity index (χ1v) is 6.11. The summed E-state index contributed by atoms with van der Waals surface area (Å²) < 4.78 is 5.38.